The molecular weight excluding hydrogens is 256 g/mol. The van der Waals surface area contributed by atoms with Crippen LogP contribution in [0.15, 0.2) is 24.3 Å². The van der Waals surface area contributed by atoms with Crippen LogP contribution in [0.4, 0.5) is 0 Å². The number of hydrogen-bond acceptors (Lipinski definition) is 3. The number of amides is 1. The third-order valence-corrected chi connectivity index (χ3v) is 3.86. The van der Waals surface area contributed by atoms with Gasteiger partial charge in [0.1, 0.15) is 0 Å². The topological polar surface area (TPSA) is 69.6 Å². The van der Waals surface area contributed by atoms with Crippen molar-refractivity contribution in [3.8, 4) is 0 Å². The Morgan fingerprint density at radius 1 is 1.45 bits per heavy atom. The lowest BCUT2D eigenvalue weighted by atomic mass is 10.00. The van der Waals surface area contributed by atoms with Crippen molar-refractivity contribution >= 4 is 11.9 Å². The van der Waals surface area contributed by atoms with Gasteiger partial charge in [0.15, 0.2) is 0 Å². The largest absolute Gasteiger partial charge is 0.481 e. The predicted molar refractivity (Wildman–Crippen MR) is 75.4 cm³/mol. The Hall–Kier alpha value is -1.88. The zero-order valence-corrected chi connectivity index (χ0v) is 11.8. The number of benzene rings is 1. The molecule has 0 spiro atoms. The molecule has 1 aliphatic rings. The Bertz CT molecular complexity index is 498. The Morgan fingerprint density at radius 2 is 2.10 bits per heavy atom. The van der Waals surface area contributed by atoms with Crippen molar-refractivity contribution in [3.05, 3.63) is 35.4 Å². The highest BCUT2D eigenvalue weighted by Crippen LogP contribution is 2.17. The van der Waals surface area contributed by atoms with E-state index in [-0.39, 0.29) is 11.9 Å². The minimum absolute atomic E-state index is 0.0624. The second-order valence-corrected chi connectivity index (χ2v) is 5.24. The van der Waals surface area contributed by atoms with Crippen LogP contribution in [0.1, 0.15) is 30.9 Å². The number of nitrogens with zero attached hydrogens (tertiary/aromatic N) is 1. The number of nitrogens with one attached hydrogen (secondary N) is 1. The summed E-state index contributed by atoms with van der Waals surface area (Å²) in [4.78, 5) is 24.6. The molecule has 1 aliphatic heterocycles. The average molecular weight is 276 g/mol. The molecule has 0 saturated carbocycles. The van der Waals surface area contributed by atoms with E-state index in [0.29, 0.717) is 13.1 Å². The highest BCUT2D eigenvalue weighted by molar-refractivity contribution is 5.82. The van der Waals surface area contributed by atoms with Gasteiger partial charge in [0.2, 0.25) is 5.91 Å². The van der Waals surface area contributed by atoms with E-state index in [2.05, 4.69) is 10.2 Å². The molecule has 1 aromatic rings. The van der Waals surface area contributed by atoms with Crippen LogP contribution in [-0.2, 0) is 16.1 Å². The van der Waals surface area contributed by atoms with Gasteiger partial charge in [-0.2, -0.15) is 0 Å². The van der Waals surface area contributed by atoms with Crippen molar-refractivity contribution in [3.63, 3.8) is 0 Å². The summed E-state index contributed by atoms with van der Waals surface area (Å²) in [6.45, 7) is 5.79. The van der Waals surface area contributed by atoms with Crippen LogP contribution < -0.4 is 5.32 Å². The van der Waals surface area contributed by atoms with Gasteiger partial charge in [0.05, 0.1) is 12.0 Å². The average Bonchev–Trinajstić information content (AvgIpc) is 2.44. The molecule has 5 nitrogen and oxygen atoms in total. The summed E-state index contributed by atoms with van der Waals surface area (Å²) in [7, 11) is 0. The Balaban J connectivity index is 2.03. The summed E-state index contributed by atoms with van der Waals surface area (Å²) in [6.07, 6.45) is 0. The van der Waals surface area contributed by atoms with Crippen molar-refractivity contribution in [2.24, 2.45) is 0 Å². The van der Waals surface area contributed by atoms with E-state index < -0.39 is 11.9 Å². The first kappa shape index (κ1) is 14.5. The number of carboxylic acids is 1. The van der Waals surface area contributed by atoms with Crippen LogP contribution in [0.2, 0.25) is 0 Å². The maximum absolute atomic E-state index is 11.6. The number of piperazine rings is 1. The monoisotopic (exact) mass is 276 g/mol. The SMILES string of the molecule is CC(C(=O)O)c1ccc(CN2CCNC(=O)C2C)cc1. The molecule has 1 heterocycles. The summed E-state index contributed by atoms with van der Waals surface area (Å²) in [6, 6.07) is 7.45. The molecule has 108 valence electrons. The fourth-order valence-corrected chi connectivity index (χ4v) is 2.33. The van der Waals surface area contributed by atoms with Gasteiger partial charge in [0, 0.05) is 19.6 Å². The van der Waals surface area contributed by atoms with Crippen LogP contribution in [0, 0.1) is 0 Å². The fourth-order valence-electron chi connectivity index (χ4n) is 2.33. The first-order chi connectivity index (χ1) is 9.49. The quantitative estimate of drug-likeness (QED) is 0.867. The summed E-state index contributed by atoms with van der Waals surface area (Å²) >= 11 is 0. The summed E-state index contributed by atoms with van der Waals surface area (Å²) in [5.74, 6) is -1.25. The highest BCUT2D eigenvalue weighted by atomic mass is 16.4. The molecule has 2 atom stereocenters. The van der Waals surface area contributed by atoms with Crippen LogP contribution in [-0.4, -0.2) is 41.0 Å². The van der Waals surface area contributed by atoms with Gasteiger partial charge in [-0.25, -0.2) is 0 Å². The molecule has 0 bridgehead atoms. The third-order valence-electron chi connectivity index (χ3n) is 3.86. The zero-order valence-electron chi connectivity index (χ0n) is 11.8. The number of carbonyl (C=O) groups is 2. The third kappa shape index (κ3) is 3.17. The summed E-state index contributed by atoms with van der Waals surface area (Å²) < 4.78 is 0. The molecule has 20 heavy (non-hydrogen) atoms. The predicted octanol–water partition coefficient (Wildman–Crippen LogP) is 1.19. The van der Waals surface area contributed by atoms with Gasteiger partial charge in [0.25, 0.3) is 0 Å². The van der Waals surface area contributed by atoms with Crippen molar-refractivity contribution in [1.29, 1.82) is 0 Å². The minimum Gasteiger partial charge on any atom is -0.481 e. The highest BCUT2D eigenvalue weighted by Gasteiger charge is 2.25. The molecule has 2 rings (SSSR count). The molecule has 0 aromatic heterocycles. The van der Waals surface area contributed by atoms with Crippen LogP contribution >= 0.6 is 0 Å². The molecule has 1 saturated heterocycles. The lowest BCUT2D eigenvalue weighted by molar-refractivity contribution is -0.138. The minimum atomic E-state index is -0.820. The van der Waals surface area contributed by atoms with E-state index in [4.69, 9.17) is 5.11 Å². The van der Waals surface area contributed by atoms with Crippen LogP contribution in [0.5, 0.6) is 0 Å². The molecule has 5 heteroatoms. The fraction of sp³-hybridized carbons (Fsp3) is 0.467. The molecule has 2 unspecified atom stereocenters. The first-order valence-electron chi connectivity index (χ1n) is 6.82. The Morgan fingerprint density at radius 3 is 2.70 bits per heavy atom. The molecule has 1 aromatic carbocycles. The molecule has 0 radical (unpaired) electrons. The van der Waals surface area contributed by atoms with Crippen molar-refractivity contribution in [2.45, 2.75) is 32.4 Å². The maximum atomic E-state index is 11.6. The standard InChI is InChI=1S/C15H20N2O3/c1-10(15(19)20)13-5-3-12(4-6-13)9-17-8-7-16-14(18)11(17)2/h3-6,10-11H,7-9H2,1-2H3,(H,16,18)(H,19,20). The Labute approximate surface area is 118 Å². The van der Waals surface area contributed by atoms with E-state index in [0.717, 1.165) is 17.7 Å². The van der Waals surface area contributed by atoms with Crippen molar-refractivity contribution in [2.75, 3.05) is 13.1 Å². The molecular formula is C15H20N2O3. The van der Waals surface area contributed by atoms with Crippen LogP contribution in [0.25, 0.3) is 0 Å². The Kier molecular flexibility index (Phi) is 4.39. The first-order valence-corrected chi connectivity index (χ1v) is 6.82. The normalized spacial score (nSPS) is 21.3. The molecule has 1 amide bonds. The van der Waals surface area contributed by atoms with E-state index >= 15 is 0 Å². The van der Waals surface area contributed by atoms with Crippen LogP contribution in [0.3, 0.4) is 0 Å². The number of carbonyl (C=O) groups excluding carboxylic acids is 1. The summed E-state index contributed by atoms with van der Waals surface area (Å²) in [5, 5.41) is 11.8. The lowest BCUT2D eigenvalue weighted by Crippen LogP contribution is -2.53. The zero-order chi connectivity index (χ0) is 14.7. The van der Waals surface area contributed by atoms with Crippen molar-refractivity contribution < 1.29 is 14.7 Å². The number of aliphatic carboxylic acids is 1. The second-order valence-electron chi connectivity index (χ2n) is 5.24. The van der Waals surface area contributed by atoms with Gasteiger partial charge in [-0.05, 0) is 25.0 Å². The lowest BCUT2D eigenvalue weighted by Gasteiger charge is -2.32. The molecule has 2 N–H and O–H groups in total. The smallest absolute Gasteiger partial charge is 0.310 e. The van der Waals surface area contributed by atoms with E-state index in [1.54, 1.807) is 6.92 Å². The van der Waals surface area contributed by atoms with Crippen molar-refractivity contribution in [1.82, 2.24) is 10.2 Å². The van der Waals surface area contributed by atoms with Gasteiger partial charge in [-0.15, -0.1) is 0 Å². The number of carboxylic acid groups (broad SMARTS) is 1. The summed E-state index contributed by atoms with van der Waals surface area (Å²) in [5.41, 5.74) is 1.89. The number of hydrogen-bond donors (Lipinski definition) is 2. The van der Waals surface area contributed by atoms with E-state index in [1.807, 2.05) is 31.2 Å². The van der Waals surface area contributed by atoms with Gasteiger partial charge < -0.3 is 10.4 Å². The van der Waals surface area contributed by atoms with E-state index in [9.17, 15) is 9.59 Å². The molecule has 0 aliphatic carbocycles. The second kappa shape index (κ2) is 6.05. The molecule has 1 fully saturated rings. The van der Waals surface area contributed by atoms with Gasteiger partial charge in [-0.3, -0.25) is 14.5 Å². The van der Waals surface area contributed by atoms with Gasteiger partial charge in [-0.1, -0.05) is 24.3 Å². The number of rotatable bonds is 4. The van der Waals surface area contributed by atoms with Gasteiger partial charge >= 0.3 is 5.97 Å². The van der Waals surface area contributed by atoms with E-state index in [1.165, 1.54) is 0 Å². The maximum Gasteiger partial charge on any atom is 0.310 e.